The predicted octanol–water partition coefficient (Wildman–Crippen LogP) is 3.25. The number of nitro groups is 1. The molecular weight excluding hydrogens is 346 g/mol. The molecule has 0 aromatic heterocycles. The molecule has 7 heteroatoms. The molecule has 0 bridgehead atoms. The number of anilines is 1. The third kappa shape index (κ3) is 5.79. The van der Waals surface area contributed by atoms with Gasteiger partial charge in [-0.2, -0.15) is 0 Å². The lowest BCUT2D eigenvalue weighted by Gasteiger charge is -2.14. The quantitative estimate of drug-likeness (QED) is 0.570. The van der Waals surface area contributed by atoms with Crippen LogP contribution in [0.4, 0.5) is 11.4 Å². The summed E-state index contributed by atoms with van der Waals surface area (Å²) in [6, 6.07) is 13.5. The summed E-state index contributed by atoms with van der Waals surface area (Å²) in [5.74, 6) is 0.131. The summed E-state index contributed by atoms with van der Waals surface area (Å²) in [6.07, 6.45) is 3.61. The molecule has 1 aliphatic rings. The number of non-ortho nitro benzene ring substituents is 1. The molecule has 2 aromatic carbocycles. The molecule has 0 saturated carbocycles. The van der Waals surface area contributed by atoms with E-state index < -0.39 is 4.92 Å². The summed E-state index contributed by atoms with van der Waals surface area (Å²) in [7, 11) is 0. The van der Waals surface area contributed by atoms with E-state index in [4.69, 9.17) is 4.74 Å². The fourth-order valence-corrected chi connectivity index (χ4v) is 3.06. The van der Waals surface area contributed by atoms with Gasteiger partial charge in [0.2, 0.25) is 0 Å². The first-order valence-corrected chi connectivity index (χ1v) is 9.08. The molecule has 1 aliphatic heterocycles. The SMILES string of the molecule is O=C(COc1ccc([N+](=O)[O-])cc1)Nc1ccc(CCN2CCCC2)cc1. The Morgan fingerprint density at radius 3 is 2.37 bits per heavy atom. The minimum absolute atomic E-state index is 0.0170. The Morgan fingerprint density at radius 2 is 1.74 bits per heavy atom. The van der Waals surface area contributed by atoms with Crippen molar-refractivity contribution in [3.8, 4) is 5.75 Å². The van der Waals surface area contributed by atoms with Gasteiger partial charge >= 0.3 is 0 Å². The maximum absolute atomic E-state index is 12.0. The third-order valence-electron chi connectivity index (χ3n) is 4.57. The molecule has 0 radical (unpaired) electrons. The van der Waals surface area contributed by atoms with Crippen LogP contribution in [0.5, 0.6) is 5.75 Å². The van der Waals surface area contributed by atoms with Gasteiger partial charge in [-0.25, -0.2) is 0 Å². The van der Waals surface area contributed by atoms with E-state index in [1.807, 2.05) is 24.3 Å². The molecule has 1 fully saturated rings. The number of ether oxygens (including phenoxy) is 1. The van der Waals surface area contributed by atoms with Gasteiger partial charge in [0.25, 0.3) is 11.6 Å². The van der Waals surface area contributed by atoms with Crippen LogP contribution in [0.1, 0.15) is 18.4 Å². The molecule has 142 valence electrons. The number of amides is 1. The fraction of sp³-hybridized carbons (Fsp3) is 0.350. The Hall–Kier alpha value is -2.93. The number of hydrogen-bond acceptors (Lipinski definition) is 5. The zero-order valence-corrected chi connectivity index (χ0v) is 15.1. The van der Waals surface area contributed by atoms with Crippen LogP contribution < -0.4 is 10.1 Å². The highest BCUT2D eigenvalue weighted by Gasteiger charge is 2.11. The Morgan fingerprint density at radius 1 is 1.07 bits per heavy atom. The van der Waals surface area contributed by atoms with Crippen molar-refractivity contribution in [3.05, 3.63) is 64.2 Å². The van der Waals surface area contributed by atoms with E-state index in [0.717, 1.165) is 18.7 Å². The lowest BCUT2D eigenvalue weighted by molar-refractivity contribution is -0.384. The van der Waals surface area contributed by atoms with E-state index in [9.17, 15) is 14.9 Å². The monoisotopic (exact) mass is 369 g/mol. The van der Waals surface area contributed by atoms with Gasteiger partial charge in [0.15, 0.2) is 6.61 Å². The fourth-order valence-electron chi connectivity index (χ4n) is 3.06. The minimum Gasteiger partial charge on any atom is -0.484 e. The van der Waals surface area contributed by atoms with Crippen LogP contribution in [-0.4, -0.2) is 42.0 Å². The molecule has 1 amide bonds. The van der Waals surface area contributed by atoms with Crippen LogP contribution >= 0.6 is 0 Å². The van der Waals surface area contributed by atoms with Crippen LogP contribution in [0.25, 0.3) is 0 Å². The Labute approximate surface area is 158 Å². The Bertz CT molecular complexity index is 769. The Balaban J connectivity index is 1.42. The van der Waals surface area contributed by atoms with E-state index in [2.05, 4.69) is 10.2 Å². The average Bonchev–Trinajstić information content (AvgIpc) is 3.20. The summed E-state index contributed by atoms with van der Waals surface area (Å²) in [4.78, 5) is 24.6. The lowest BCUT2D eigenvalue weighted by Crippen LogP contribution is -2.22. The number of carbonyl (C=O) groups is 1. The molecule has 7 nitrogen and oxygen atoms in total. The zero-order valence-electron chi connectivity index (χ0n) is 15.1. The van der Waals surface area contributed by atoms with Crippen molar-refractivity contribution in [2.75, 3.05) is 31.6 Å². The Kier molecular flexibility index (Phi) is 6.38. The highest BCUT2D eigenvalue weighted by atomic mass is 16.6. The number of benzene rings is 2. The zero-order chi connectivity index (χ0) is 19.1. The van der Waals surface area contributed by atoms with Gasteiger partial charge in [-0.05, 0) is 62.2 Å². The van der Waals surface area contributed by atoms with Gasteiger partial charge in [0.05, 0.1) is 4.92 Å². The normalized spacial score (nSPS) is 14.1. The number of nitro benzene ring substituents is 1. The maximum Gasteiger partial charge on any atom is 0.269 e. The average molecular weight is 369 g/mol. The predicted molar refractivity (Wildman–Crippen MR) is 103 cm³/mol. The molecule has 3 rings (SSSR count). The van der Waals surface area contributed by atoms with Gasteiger partial charge in [0, 0.05) is 24.4 Å². The highest BCUT2D eigenvalue weighted by molar-refractivity contribution is 5.91. The number of hydrogen-bond donors (Lipinski definition) is 1. The van der Waals surface area contributed by atoms with E-state index >= 15 is 0 Å². The molecule has 1 saturated heterocycles. The van der Waals surface area contributed by atoms with E-state index in [0.29, 0.717) is 5.75 Å². The standard InChI is InChI=1S/C20H23N3O4/c24-20(15-27-19-9-7-18(8-10-19)23(25)26)21-17-5-3-16(4-6-17)11-14-22-12-1-2-13-22/h3-10H,1-2,11-15H2,(H,21,24). The number of nitrogens with zero attached hydrogens (tertiary/aromatic N) is 2. The summed E-state index contributed by atoms with van der Waals surface area (Å²) < 4.78 is 5.35. The lowest BCUT2D eigenvalue weighted by atomic mass is 10.1. The molecule has 27 heavy (non-hydrogen) atoms. The maximum atomic E-state index is 12.0. The number of rotatable bonds is 8. The number of nitrogens with one attached hydrogen (secondary N) is 1. The van der Waals surface area contributed by atoms with Crippen LogP contribution in [0, 0.1) is 10.1 Å². The minimum atomic E-state index is -0.481. The van der Waals surface area contributed by atoms with Crippen molar-refractivity contribution in [3.63, 3.8) is 0 Å². The van der Waals surface area contributed by atoms with E-state index in [1.165, 1.54) is 55.8 Å². The van der Waals surface area contributed by atoms with Crippen LogP contribution in [-0.2, 0) is 11.2 Å². The number of carbonyl (C=O) groups excluding carboxylic acids is 1. The molecule has 0 unspecified atom stereocenters. The molecule has 0 spiro atoms. The molecule has 2 aromatic rings. The molecule has 0 atom stereocenters. The van der Waals surface area contributed by atoms with Gasteiger partial charge in [-0.15, -0.1) is 0 Å². The third-order valence-corrected chi connectivity index (χ3v) is 4.57. The van der Waals surface area contributed by atoms with Crippen molar-refractivity contribution < 1.29 is 14.5 Å². The highest BCUT2D eigenvalue weighted by Crippen LogP contribution is 2.17. The van der Waals surface area contributed by atoms with Crippen LogP contribution in [0.3, 0.4) is 0 Å². The second-order valence-electron chi connectivity index (χ2n) is 6.58. The molecule has 1 heterocycles. The summed E-state index contributed by atoms with van der Waals surface area (Å²) in [5.41, 5.74) is 1.95. The molecule has 0 aliphatic carbocycles. The van der Waals surface area contributed by atoms with Crippen LogP contribution in [0.15, 0.2) is 48.5 Å². The smallest absolute Gasteiger partial charge is 0.269 e. The van der Waals surface area contributed by atoms with Gasteiger partial charge in [0.1, 0.15) is 5.75 Å². The molecular formula is C20H23N3O4. The first kappa shape index (κ1) is 18.8. The second-order valence-corrected chi connectivity index (χ2v) is 6.58. The van der Waals surface area contributed by atoms with Gasteiger partial charge in [-0.3, -0.25) is 14.9 Å². The summed E-state index contributed by atoms with van der Waals surface area (Å²) in [6.45, 7) is 3.31. The first-order chi connectivity index (χ1) is 13.1. The molecule has 1 N–H and O–H groups in total. The van der Waals surface area contributed by atoms with Crippen molar-refractivity contribution >= 4 is 17.3 Å². The first-order valence-electron chi connectivity index (χ1n) is 9.08. The van der Waals surface area contributed by atoms with Crippen molar-refractivity contribution in [2.24, 2.45) is 0 Å². The van der Waals surface area contributed by atoms with Crippen LogP contribution in [0.2, 0.25) is 0 Å². The van der Waals surface area contributed by atoms with Gasteiger partial charge < -0.3 is 15.0 Å². The topological polar surface area (TPSA) is 84.7 Å². The van der Waals surface area contributed by atoms with Crippen molar-refractivity contribution in [2.45, 2.75) is 19.3 Å². The second kappa shape index (κ2) is 9.14. The van der Waals surface area contributed by atoms with Gasteiger partial charge in [-0.1, -0.05) is 12.1 Å². The summed E-state index contributed by atoms with van der Waals surface area (Å²) in [5, 5.41) is 13.4. The summed E-state index contributed by atoms with van der Waals surface area (Å²) >= 11 is 0. The largest absolute Gasteiger partial charge is 0.484 e. The van der Waals surface area contributed by atoms with E-state index in [-0.39, 0.29) is 18.2 Å². The number of likely N-dealkylation sites (tertiary alicyclic amines) is 1. The van der Waals surface area contributed by atoms with Crippen molar-refractivity contribution in [1.29, 1.82) is 0 Å². The van der Waals surface area contributed by atoms with Crippen molar-refractivity contribution in [1.82, 2.24) is 4.90 Å². The van der Waals surface area contributed by atoms with E-state index in [1.54, 1.807) is 0 Å².